The fourth-order valence-electron chi connectivity index (χ4n) is 5.39. The molecule has 3 N–H and O–H groups in total. The molecule has 0 unspecified atom stereocenters. The summed E-state index contributed by atoms with van der Waals surface area (Å²) in [6, 6.07) is 9.41. The summed E-state index contributed by atoms with van der Waals surface area (Å²) < 4.78 is 22.4. The van der Waals surface area contributed by atoms with Crippen LogP contribution in [0, 0.1) is 5.92 Å². The van der Waals surface area contributed by atoms with Gasteiger partial charge in [-0.1, -0.05) is 26.3 Å². The van der Waals surface area contributed by atoms with E-state index >= 15 is 0 Å². The molecule has 0 bridgehead atoms. The van der Waals surface area contributed by atoms with Crippen LogP contribution < -0.4 is 35.6 Å². The van der Waals surface area contributed by atoms with Gasteiger partial charge in [0, 0.05) is 12.5 Å². The van der Waals surface area contributed by atoms with Gasteiger partial charge in [0.05, 0.1) is 45.9 Å². The van der Waals surface area contributed by atoms with Gasteiger partial charge in [-0.25, -0.2) is 0 Å². The number of amides is 2. The number of ether oxygens (including phenoxy) is 3. The zero-order valence-corrected chi connectivity index (χ0v) is 25.0. The van der Waals surface area contributed by atoms with Crippen molar-refractivity contribution in [3.8, 4) is 28.4 Å². The first-order valence-electron chi connectivity index (χ1n) is 14.1. The van der Waals surface area contributed by atoms with E-state index in [1.165, 1.54) is 13.0 Å². The van der Waals surface area contributed by atoms with Crippen LogP contribution in [-0.4, -0.2) is 39.2 Å². The van der Waals surface area contributed by atoms with Crippen molar-refractivity contribution < 1.29 is 28.2 Å². The molecule has 1 heterocycles. The summed E-state index contributed by atoms with van der Waals surface area (Å²) in [5.41, 5.74) is 3.02. The Morgan fingerprint density at radius 3 is 2.45 bits per heavy atom. The van der Waals surface area contributed by atoms with Crippen LogP contribution in [0.2, 0.25) is 0 Å². The van der Waals surface area contributed by atoms with E-state index in [9.17, 15) is 14.4 Å². The highest BCUT2D eigenvalue weighted by atomic mass is 16.5. The van der Waals surface area contributed by atoms with Gasteiger partial charge in [0.15, 0.2) is 11.5 Å². The lowest BCUT2D eigenvalue weighted by Crippen LogP contribution is -2.44. The monoisotopic (exact) mass is 577 g/mol. The maximum Gasteiger partial charge on any atom is 0.243 e. The molecule has 1 aliphatic rings. The van der Waals surface area contributed by atoms with Gasteiger partial charge in [0.2, 0.25) is 23.0 Å². The average Bonchev–Trinajstić information content (AvgIpc) is 3.40. The normalized spacial score (nSPS) is 15.2. The Kier molecular flexibility index (Phi) is 9.77. The predicted octanol–water partition coefficient (Wildman–Crippen LogP) is 4.60. The summed E-state index contributed by atoms with van der Waals surface area (Å²) >= 11 is 0. The van der Waals surface area contributed by atoms with Crippen molar-refractivity contribution >= 4 is 17.5 Å². The third-order valence-electron chi connectivity index (χ3n) is 7.74. The Morgan fingerprint density at radius 2 is 1.83 bits per heavy atom. The number of hydrogen-bond acceptors (Lipinski definition) is 8. The Hall–Kier alpha value is -4.47. The van der Waals surface area contributed by atoms with E-state index in [0.717, 1.165) is 11.1 Å². The van der Waals surface area contributed by atoms with Crippen LogP contribution in [0.15, 0.2) is 51.9 Å². The number of carbonyl (C=O) groups excluding carboxylic acids is 2. The molecule has 42 heavy (non-hydrogen) atoms. The van der Waals surface area contributed by atoms with E-state index in [-0.39, 0.29) is 35.4 Å². The number of methoxy groups -OCH3 is 3. The van der Waals surface area contributed by atoms with Crippen molar-refractivity contribution in [2.24, 2.45) is 5.92 Å². The number of rotatable bonds is 11. The summed E-state index contributed by atoms with van der Waals surface area (Å²) in [6.07, 6.45) is 3.42. The summed E-state index contributed by atoms with van der Waals surface area (Å²) in [5, 5.41) is 9.13. The fraction of sp³-hybridized carbons (Fsp3) is 0.406. The van der Waals surface area contributed by atoms with Crippen molar-refractivity contribution in [1.82, 2.24) is 10.6 Å². The lowest BCUT2D eigenvalue weighted by molar-refractivity contribution is -0.123. The topological polar surface area (TPSA) is 128 Å². The first-order chi connectivity index (χ1) is 20.2. The van der Waals surface area contributed by atoms with Crippen molar-refractivity contribution in [2.45, 2.75) is 58.7 Å². The summed E-state index contributed by atoms with van der Waals surface area (Å²) in [4.78, 5) is 39.2. The molecule has 2 amide bonds. The van der Waals surface area contributed by atoms with Crippen LogP contribution in [0.25, 0.3) is 11.1 Å². The largest absolute Gasteiger partial charge is 0.493 e. The van der Waals surface area contributed by atoms with Gasteiger partial charge in [0.25, 0.3) is 0 Å². The molecular formula is C32H39N3O7. The Labute approximate surface area is 245 Å². The molecule has 2 aromatic carbocycles. The lowest BCUT2D eigenvalue weighted by atomic mass is 9.95. The van der Waals surface area contributed by atoms with E-state index in [0.29, 0.717) is 53.4 Å². The van der Waals surface area contributed by atoms with E-state index < -0.39 is 12.1 Å². The van der Waals surface area contributed by atoms with Gasteiger partial charge >= 0.3 is 0 Å². The highest BCUT2D eigenvalue weighted by Crippen LogP contribution is 2.50. The molecule has 0 spiro atoms. The van der Waals surface area contributed by atoms with Crippen LogP contribution >= 0.6 is 0 Å². The molecule has 1 aliphatic carbocycles. The van der Waals surface area contributed by atoms with Crippen LogP contribution in [0.1, 0.15) is 56.5 Å². The minimum atomic E-state index is -0.669. The second-order valence-electron chi connectivity index (χ2n) is 10.4. The zero-order valence-electron chi connectivity index (χ0n) is 25.0. The number of nitrogens with one attached hydrogen (secondary N) is 3. The van der Waals surface area contributed by atoms with Gasteiger partial charge in [0.1, 0.15) is 11.8 Å². The molecule has 10 nitrogen and oxygen atoms in total. The van der Waals surface area contributed by atoms with Crippen molar-refractivity contribution in [3.63, 3.8) is 0 Å². The molecule has 3 atom stereocenters. The molecule has 3 aromatic rings. The van der Waals surface area contributed by atoms with Crippen LogP contribution in [0.4, 0.5) is 5.69 Å². The maximum absolute atomic E-state index is 13.7. The minimum Gasteiger partial charge on any atom is -0.493 e. The molecule has 0 saturated carbocycles. The number of hydrogen-bond donors (Lipinski definition) is 3. The van der Waals surface area contributed by atoms with Gasteiger partial charge in [-0.05, 0) is 65.8 Å². The van der Waals surface area contributed by atoms with Crippen molar-refractivity contribution in [1.29, 1.82) is 0 Å². The van der Waals surface area contributed by atoms with E-state index in [2.05, 4.69) is 16.0 Å². The first kappa shape index (κ1) is 30.5. The number of anilines is 1. The highest BCUT2D eigenvalue weighted by molar-refractivity contribution is 5.86. The molecule has 0 saturated heterocycles. The lowest BCUT2D eigenvalue weighted by Gasteiger charge is -2.23. The van der Waals surface area contributed by atoms with Gasteiger partial charge in [-0.3, -0.25) is 14.4 Å². The number of fused-ring (bicyclic) bond motifs is 3. The number of aryl methyl sites for hydroxylation is 1. The van der Waals surface area contributed by atoms with Crippen LogP contribution in [0.3, 0.4) is 0 Å². The second kappa shape index (κ2) is 13.5. The molecular weight excluding hydrogens is 538 g/mol. The first-order valence-corrected chi connectivity index (χ1v) is 14.1. The maximum atomic E-state index is 13.7. The third kappa shape index (κ3) is 6.37. The van der Waals surface area contributed by atoms with Crippen molar-refractivity contribution in [3.05, 3.63) is 69.8 Å². The molecule has 0 radical (unpaired) electrons. The smallest absolute Gasteiger partial charge is 0.243 e. The van der Waals surface area contributed by atoms with Crippen LogP contribution in [-0.2, 0) is 22.6 Å². The quantitative estimate of drug-likeness (QED) is 0.302. The molecule has 4 rings (SSSR count). The predicted molar refractivity (Wildman–Crippen MR) is 160 cm³/mol. The van der Waals surface area contributed by atoms with Gasteiger partial charge in [-0.15, -0.1) is 0 Å². The highest BCUT2D eigenvalue weighted by Gasteiger charge is 2.30. The number of carbonyl (C=O) groups is 2. The summed E-state index contributed by atoms with van der Waals surface area (Å²) in [5.74, 6) is 1.54. The van der Waals surface area contributed by atoms with Gasteiger partial charge in [-0.2, -0.15) is 0 Å². The Balaban J connectivity index is 1.83. The van der Waals surface area contributed by atoms with Gasteiger partial charge < -0.3 is 34.6 Å². The average molecular weight is 578 g/mol. The molecule has 1 aromatic heterocycles. The summed E-state index contributed by atoms with van der Waals surface area (Å²) in [6.45, 7) is 5.64. The van der Waals surface area contributed by atoms with Crippen LogP contribution in [0.5, 0.6) is 17.2 Å². The zero-order chi connectivity index (χ0) is 30.4. The summed E-state index contributed by atoms with van der Waals surface area (Å²) in [7, 11) is 4.66. The fourth-order valence-corrected chi connectivity index (χ4v) is 5.39. The van der Waals surface area contributed by atoms with E-state index in [1.54, 1.807) is 45.8 Å². The van der Waals surface area contributed by atoms with E-state index in [4.69, 9.17) is 18.6 Å². The SMILES string of the molecule is CC[C@@H](C)[C@H](Nc1ccc2c(cc1=O)[C@@H](NC(C)=O)CCc1cc(OC)c(OC)c(OC)c1-2)C(=O)NCc1ccco1. The number of furan rings is 1. The van der Waals surface area contributed by atoms with Crippen molar-refractivity contribution in [2.75, 3.05) is 26.6 Å². The second-order valence-corrected chi connectivity index (χ2v) is 10.4. The standard InChI is InChI=1S/C32H39N3O7/c1-7-18(2)29(32(38)33-17-21-9-8-14-42-21)35-25-13-11-22-23(16-26(25)37)24(34-19(3)36)12-10-20-15-27(39-4)30(40-5)31(41-6)28(20)22/h8-9,11,13-16,18,24,29H,7,10,12,17H2,1-6H3,(H,33,38)(H,34,36)(H,35,37)/t18-,24+,29+/m1/s1. The molecule has 10 heteroatoms. The Morgan fingerprint density at radius 1 is 1.07 bits per heavy atom. The minimum absolute atomic E-state index is 0.0750. The van der Waals surface area contributed by atoms with E-state index in [1.807, 2.05) is 26.0 Å². The Bertz CT molecular complexity index is 1490. The third-order valence-corrected chi connectivity index (χ3v) is 7.74. The molecule has 0 fully saturated rings. The molecule has 224 valence electrons. The molecule has 0 aliphatic heterocycles. The number of benzene rings is 1.